The molecule has 2 aromatic carbocycles. The van der Waals surface area contributed by atoms with E-state index in [9.17, 15) is 23.7 Å². The average molecular weight is 391 g/mol. The quantitative estimate of drug-likeness (QED) is 0.579. The Morgan fingerprint density at radius 2 is 1.93 bits per heavy atom. The Bertz CT molecular complexity index is 901. The van der Waals surface area contributed by atoms with Gasteiger partial charge in [-0.3, -0.25) is 14.9 Å². The summed E-state index contributed by atoms with van der Waals surface area (Å²) >= 11 is 0. The first-order valence-corrected chi connectivity index (χ1v) is 8.67. The van der Waals surface area contributed by atoms with Gasteiger partial charge in [0.1, 0.15) is 11.6 Å². The van der Waals surface area contributed by atoms with Crippen LogP contribution in [0.3, 0.4) is 0 Å². The largest absolute Gasteiger partial charge is 0.378 e. The molecule has 0 spiro atoms. The highest BCUT2D eigenvalue weighted by Crippen LogP contribution is 2.28. The van der Waals surface area contributed by atoms with Gasteiger partial charge >= 0.3 is 0 Å². The molecule has 0 aliphatic carbocycles. The van der Waals surface area contributed by atoms with E-state index in [0.717, 1.165) is 12.1 Å². The van der Waals surface area contributed by atoms with Gasteiger partial charge in [0, 0.05) is 50.4 Å². The molecule has 0 atom stereocenters. The number of anilines is 1. The molecule has 2 aromatic rings. The van der Waals surface area contributed by atoms with Crippen molar-refractivity contribution in [2.24, 2.45) is 0 Å². The maximum absolute atomic E-state index is 13.9. The number of hydrogen-bond acceptors (Lipinski definition) is 5. The highest BCUT2D eigenvalue weighted by Gasteiger charge is 2.24. The minimum Gasteiger partial charge on any atom is -0.378 e. The van der Waals surface area contributed by atoms with E-state index in [0.29, 0.717) is 32.0 Å². The molecule has 9 heteroatoms. The second kappa shape index (κ2) is 8.30. The smallest absolute Gasteiger partial charge is 0.270 e. The topological polar surface area (TPSA) is 75.9 Å². The second-order valence-corrected chi connectivity index (χ2v) is 6.45. The zero-order valence-corrected chi connectivity index (χ0v) is 15.2. The van der Waals surface area contributed by atoms with Crippen molar-refractivity contribution in [2.45, 2.75) is 6.54 Å². The van der Waals surface area contributed by atoms with Crippen LogP contribution in [0.2, 0.25) is 0 Å². The minimum absolute atomic E-state index is 0.101. The third-order valence-electron chi connectivity index (χ3n) is 4.54. The monoisotopic (exact) mass is 391 g/mol. The van der Waals surface area contributed by atoms with Gasteiger partial charge in [0.2, 0.25) is 0 Å². The first-order chi connectivity index (χ1) is 13.4. The molecular weight excluding hydrogens is 372 g/mol. The third-order valence-corrected chi connectivity index (χ3v) is 4.54. The summed E-state index contributed by atoms with van der Waals surface area (Å²) < 4.78 is 32.3. The molecule has 0 N–H and O–H groups in total. The number of carbonyl (C=O) groups excluding carboxylic acids is 1. The van der Waals surface area contributed by atoms with Crippen LogP contribution in [-0.4, -0.2) is 49.1 Å². The Balaban J connectivity index is 1.91. The Hall–Kier alpha value is -3.07. The summed E-state index contributed by atoms with van der Waals surface area (Å²) in [4.78, 5) is 26.8. The van der Waals surface area contributed by atoms with Gasteiger partial charge in [0.25, 0.3) is 11.6 Å². The van der Waals surface area contributed by atoms with Gasteiger partial charge in [-0.15, -0.1) is 0 Å². The van der Waals surface area contributed by atoms with Gasteiger partial charge in [-0.05, 0) is 12.1 Å². The SMILES string of the molecule is CN(Cc1ccc(F)cc1F)C(=O)c1cc([N+](=O)[O-])ccc1N1CCOCC1. The van der Waals surface area contributed by atoms with E-state index < -0.39 is 22.5 Å². The molecule has 3 rings (SSSR count). The highest BCUT2D eigenvalue weighted by atomic mass is 19.1. The van der Waals surface area contributed by atoms with Gasteiger partial charge in [0.15, 0.2) is 0 Å². The molecule has 1 heterocycles. The number of morpholine rings is 1. The molecule has 0 unspecified atom stereocenters. The number of benzene rings is 2. The fourth-order valence-electron chi connectivity index (χ4n) is 3.07. The molecule has 1 amide bonds. The molecule has 7 nitrogen and oxygen atoms in total. The number of rotatable bonds is 5. The molecule has 0 radical (unpaired) electrons. The second-order valence-electron chi connectivity index (χ2n) is 6.45. The van der Waals surface area contributed by atoms with Crippen LogP contribution in [0.25, 0.3) is 0 Å². The fraction of sp³-hybridized carbons (Fsp3) is 0.316. The molecule has 0 bridgehead atoms. The zero-order chi connectivity index (χ0) is 20.3. The van der Waals surface area contributed by atoms with Crippen molar-refractivity contribution in [3.63, 3.8) is 0 Å². The summed E-state index contributed by atoms with van der Waals surface area (Å²) in [7, 11) is 1.47. The van der Waals surface area contributed by atoms with Crippen molar-refractivity contribution in [3.8, 4) is 0 Å². The molecular formula is C19H19F2N3O4. The number of non-ortho nitro benzene ring substituents is 1. The molecule has 1 saturated heterocycles. The van der Waals surface area contributed by atoms with Crippen molar-refractivity contribution in [2.75, 3.05) is 38.3 Å². The molecule has 1 aliphatic rings. The summed E-state index contributed by atoms with van der Waals surface area (Å²) in [6.07, 6.45) is 0. The number of ether oxygens (including phenoxy) is 1. The van der Waals surface area contributed by atoms with Crippen LogP contribution >= 0.6 is 0 Å². The maximum atomic E-state index is 13.9. The number of halogens is 2. The number of hydrogen-bond donors (Lipinski definition) is 0. The van der Waals surface area contributed by atoms with E-state index in [4.69, 9.17) is 4.74 Å². The number of nitro groups is 1. The summed E-state index contributed by atoms with van der Waals surface area (Å²) in [5, 5.41) is 11.2. The fourth-order valence-corrected chi connectivity index (χ4v) is 3.07. The third kappa shape index (κ3) is 4.25. The molecule has 148 valence electrons. The first-order valence-electron chi connectivity index (χ1n) is 8.67. The van der Waals surface area contributed by atoms with Gasteiger partial charge in [0.05, 0.1) is 29.4 Å². The Morgan fingerprint density at radius 1 is 1.21 bits per heavy atom. The lowest BCUT2D eigenvalue weighted by molar-refractivity contribution is -0.384. The summed E-state index contributed by atoms with van der Waals surface area (Å²) in [5.41, 5.74) is 0.656. The molecule has 1 fully saturated rings. The average Bonchev–Trinajstić information content (AvgIpc) is 2.69. The summed E-state index contributed by atoms with van der Waals surface area (Å²) in [5.74, 6) is -1.95. The lowest BCUT2D eigenvalue weighted by Gasteiger charge is -2.31. The predicted molar refractivity (Wildman–Crippen MR) is 98.3 cm³/mol. The zero-order valence-electron chi connectivity index (χ0n) is 15.2. The van der Waals surface area contributed by atoms with E-state index in [2.05, 4.69) is 0 Å². The van der Waals surface area contributed by atoms with Gasteiger partial charge < -0.3 is 14.5 Å². The number of amides is 1. The van der Waals surface area contributed by atoms with Crippen LogP contribution < -0.4 is 4.90 Å². The van der Waals surface area contributed by atoms with Crippen molar-refractivity contribution < 1.29 is 23.2 Å². The maximum Gasteiger partial charge on any atom is 0.270 e. The molecule has 28 heavy (non-hydrogen) atoms. The molecule has 0 saturated carbocycles. The summed E-state index contributed by atoms with van der Waals surface area (Å²) in [6, 6.07) is 7.25. The van der Waals surface area contributed by atoms with Crippen molar-refractivity contribution >= 4 is 17.3 Å². The minimum atomic E-state index is -0.757. The van der Waals surface area contributed by atoms with Crippen LogP contribution in [0, 0.1) is 21.7 Å². The van der Waals surface area contributed by atoms with E-state index in [1.165, 1.54) is 30.1 Å². The predicted octanol–water partition coefficient (Wildman–Crippen LogP) is 2.98. The van der Waals surface area contributed by atoms with E-state index in [1.54, 1.807) is 6.07 Å². The van der Waals surface area contributed by atoms with Gasteiger partial charge in [-0.1, -0.05) is 6.07 Å². The first kappa shape index (κ1) is 19.7. The number of nitrogens with zero attached hydrogens (tertiary/aromatic N) is 3. The standard InChI is InChI=1S/C19H19F2N3O4/c1-22(12-13-2-3-14(20)10-17(13)21)19(25)16-11-15(24(26)27)4-5-18(16)23-6-8-28-9-7-23/h2-5,10-11H,6-9,12H2,1H3. The van der Waals surface area contributed by atoms with Crippen LogP contribution in [0.1, 0.15) is 15.9 Å². The Kier molecular flexibility index (Phi) is 5.84. The van der Waals surface area contributed by atoms with Gasteiger partial charge in [-0.2, -0.15) is 0 Å². The lowest BCUT2D eigenvalue weighted by Crippen LogP contribution is -2.38. The van der Waals surface area contributed by atoms with Crippen molar-refractivity contribution in [3.05, 3.63) is 69.3 Å². The van der Waals surface area contributed by atoms with Crippen molar-refractivity contribution in [1.29, 1.82) is 0 Å². The lowest BCUT2D eigenvalue weighted by atomic mass is 10.1. The van der Waals surface area contributed by atoms with E-state index in [-0.39, 0.29) is 23.4 Å². The normalized spacial score (nSPS) is 14.0. The van der Waals surface area contributed by atoms with Crippen molar-refractivity contribution in [1.82, 2.24) is 4.90 Å². The van der Waals surface area contributed by atoms with Crippen LogP contribution in [0.15, 0.2) is 36.4 Å². The van der Waals surface area contributed by atoms with E-state index >= 15 is 0 Å². The Labute approximate surface area is 160 Å². The van der Waals surface area contributed by atoms with Crippen LogP contribution in [0.5, 0.6) is 0 Å². The van der Waals surface area contributed by atoms with Gasteiger partial charge in [-0.25, -0.2) is 8.78 Å². The molecule has 0 aromatic heterocycles. The molecule has 1 aliphatic heterocycles. The van der Waals surface area contributed by atoms with Crippen LogP contribution in [0.4, 0.5) is 20.2 Å². The van der Waals surface area contributed by atoms with Crippen LogP contribution in [-0.2, 0) is 11.3 Å². The van der Waals surface area contributed by atoms with E-state index in [1.807, 2.05) is 4.90 Å². The highest BCUT2D eigenvalue weighted by molar-refractivity contribution is 6.00. The summed E-state index contributed by atoms with van der Waals surface area (Å²) in [6.45, 7) is 1.97. The number of carbonyl (C=O) groups is 1. The Morgan fingerprint density at radius 3 is 2.57 bits per heavy atom. The number of nitro benzene ring substituents is 1.